The molecule has 0 aliphatic carbocycles. The molecule has 19 heavy (non-hydrogen) atoms. The number of aliphatic hydroxyl groups excluding tert-OH is 1. The minimum Gasteiger partial charge on any atom is -0.480 e. The molecule has 1 amide bonds. The van der Waals surface area contributed by atoms with Crippen molar-refractivity contribution in [3.8, 4) is 5.75 Å². The Morgan fingerprint density at radius 2 is 2.05 bits per heavy atom. The number of para-hydroxylation sites is 1. The lowest BCUT2D eigenvalue weighted by Crippen LogP contribution is -2.48. The van der Waals surface area contributed by atoms with E-state index >= 15 is 0 Å². The number of benzene rings is 1. The standard InChI is InChI=1S/C12H14BrNO5/c1-7(11(16)14-9(6-15)12(17)18)19-10-5-3-2-4-8(10)13/h2-5,7,9,15H,6H2,1H3,(H,14,16)(H,17,18). The molecule has 0 saturated carbocycles. The zero-order valence-corrected chi connectivity index (χ0v) is 11.8. The van der Waals surface area contributed by atoms with Gasteiger partial charge in [0, 0.05) is 0 Å². The molecular formula is C12H14BrNO5. The molecule has 3 N–H and O–H groups in total. The van der Waals surface area contributed by atoms with Gasteiger partial charge in [-0.15, -0.1) is 0 Å². The van der Waals surface area contributed by atoms with Crippen molar-refractivity contribution in [2.45, 2.75) is 19.1 Å². The lowest BCUT2D eigenvalue weighted by atomic mass is 10.2. The summed E-state index contributed by atoms with van der Waals surface area (Å²) < 4.78 is 6.09. The third kappa shape index (κ3) is 4.53. The Morgan fingerprint density at radius 1 is 1.42 bits per heavy atom. The molecule has 1 rings (SSSR count). The molecule has 7 heteroatoms. The second kappa shape index (κ2) is 7.10. The van der Waals surface area contributed by atoms with Crippen molar-refractivity contribution in [1.29, 1.82) is 0 Å². The van der Waals surface area contributed by atoms with Gasteiger partial charge in [0.2, 0.25) is 0 Å². The number of rotatable bonds is 6. The number of nitrogens with one attached hydrogen (secondary N) is 1. The number of carboxylic acids is 1. The Balaban J connectivity index is 2.63. The van der Waals surface area contributed by atoms with Crippen LogP contribution in [0.4, 0.5) is 0 Å². The van der Waals surface area contributed by atoms with E-state index in [2.05, 4.69) is 21.2 Å². The van der Waals surface area contributed by atoms with Crippen LogP contribution in [0.1, 0.15) is 6.92 Å². The molecule has 0 aromatic heterocycles. The van der Waals surface area contributed by atoms with Crippen LogP contribution in [-0.4, -0.2) is 40.8 Å². The molecule has 2 atom stereocenters. The molecule has 0 spiro atoms. The number of carboxylic acid groups (broad SMARTS) is 1. The molecule has 0 aliphatic heterocycles. The van der Waals surface area contributed by atoms with E-state index in [0.717, 1.165) is 0 Å². The first-order valence-electron chi connectivity index (χ1n) is 5.51. The van der Waals surface area contributed by atoms with E-state index in [0.29, 0.717) is 10.2 Å². The van der Waals surface area contributed by atoms with Crippen LogP contribution in [0, 0.1) is 0 Å². The average molecular weight is 332 g/mol. The normalized spacial score (nSPS) is 13.4. The second-order valence-corrected chi connectivity index (χ2v) is 4.63. The number of ether oxygens (including phenoxy) is 1. The van der Waals surface area contributed by atoms with Crippen LogP contribution in [0.15, 0.2) is 28.7 Å². The number of aliphatic hydroxyl groups is 1. The topological polar surface area (TPSA) is 95.9 Å². The Morgan fingerprint density at radius 3 is 2.58 bits per heavy atom. The van der Waals surface area contributed by atoms with Gasteiger partial charge in [-0.3, -0.25) is 4.79 Å². The molecule has 0 heterocycles. The summed E-state index contributed by atoms with van der Waals surface area (Å²) in [7, 11) is 0. The molecule has 2 unspecified atom stereocenters. The van der Waals surface area contributed by atoms with Gasteiger partial charge in [0.1, 0.15) is 11.8 Å². The highest BCUT2D eigenvalue weighted by molar-refractivity contribution is 9.10. The molecule has 1 aromatic carbocycles. The monoisotopic (exact) mass is 331 g/mol. The highest BCUT2D eigenvalue weighted by Gasteiger charge is 2.23. The van der Waals surface area contributed by atoms with Gasteiger partial charge in [-0.05, 0) is 35.0 Å². The first-order chi connectivity index (χ1) is 8.95. The van der Waals surface area contributed by atoms with Gasteiger partial charge in [0.05, 0.1) is 11.1 Å². The van der Waals surface area contributed by atoms with Gasteiger partial charge in [0.25, 0.3) is 5.91 Å². The maximum absolute atomic E-state index is 11.7. The Kier molecular flexibility index (Phi) is 5.78. The Hall–Kier alpha value is -1.60. The van der Waals surface area contributed by atoms with Crippen LogP contribution in [-0.2, 0) is 9.59 Å². The third-order valence-corrected chi connectivity index (χ3v) is 2.96. The van der Waals surface area contributed by atoms with Crippen LogP contribution in [0.2, 0.25) is 0 Å². The molecular weight excluding hydrogens is 318 g/mol. The van der Waals surface area contributed by atoms with E-state index in [1.807, 2.05) is 0 Å². The largest absolute Gasteiger partial charge is 0.480 e. The fraction of sp³-hybridized carbons (Fsp3) is 0.333. The second-order valence-electron chi connectivity index (χ2n) is 3.77. The molecule has 1 aromatic rings. The van der Waals surface area contributed by atoms with Crippen molar-refractivity contribution in [2.75, 3.05) is 6.61 Å². The quantitative estimate of drug-likeness (QED) is 0.715. The maximum Gasteiger partial charge on any atom is 0.328 e. The summed E-state index contributed by atoms with van der Waals surface area (Å²) in [5.74, 6) is -1.44. The van der Waals surface area contributed by atoms with Crippen LogP contribution in [0.3, 0.4) is 0 Å². The molecule has 0 saturated heterocycles. The number of carbonyl (C=O) groups excluding carboxylic acids is 1. The summed E-state index contributed by atoms with van der Waals surface area (Å²) in [5, 5.41) is 19.7. The van der Waals surface area contributed by atoms with Crippen LogP contribution >= 0.6 is 15.9 Å². The van der Waals surface area contributed by atoms with E-state index in [4.69, 9.17) is 14.9 Å². The number of hydrogen-bond donors (Lipinski definition) is 3. The highest BCUT2D eigenvalue weighted by Crippen LogP contribution is 2.24. The summed E-state index contributed by atoms with van der Waals surface area (Å²) in [6, 6.07) is 5.65. The number of aliphatic carboxylic acids is 1. The maximum atomic E-state index is 11.7. The third-order valence-electron chi connectivity index (χ3n) is 2.31. The van der Waals surface area contributed by atoms with Crippen molar-refractivity contribution < 1.29 is 24.5 Å². The number of carbonyl (C=O) groups is 2. The zero-order valence-electron chi connectivity index (χ0n) is 10.2. The number of halogens is 1. The van der Waals surface area contributed by atoms with E-state index in [9.17, 15) is 9.59 Å². The molecule has 6 nitrogen and oxygen atoms in total. The smallest absolute Gasteiger partial charge is 0.328 e. The van der Waals surface area contributed by atoms with E-state index in [-0.39, 0.29) is 0 Å². The van der Waals surface area contributed by atoms with Crippen molar-refractivity contribution in [3.63, 3.8) is 0 Å². The first-order valence-corrected chi connectivity index (χ1v) is 6.30. The molecule has 104 valence electrons. The lowest BCUT2D eigenvalue weighted by molar-refractivity contribution is -0.144. The SMILES string of the molecule is CC(Oc1ccccc1Br)C(=O)NC(CO)C(=O)O. The van der Waals surface area contributed by atoms with E-state index in [1.54, 1.807) is 24.3 Å². The van der Waals surface area contributed by atoms with Gasteiger partial charge in [-0.1, -0.05) is 12.1 Å². The minimum atomic E-state index is -1.34. The molecule has 0 fully saturated rings. The highest BCUT2D eigenvalue weighted by atomic mass is 79.9. The minimum absolute atomic E-state index is 0.473. The van der Waals surface area contributed by atoms with Crippen molar-refractivity contribution in [3.05, 3.63) is 28.7 Å². The Labute approximate surface area is 118 Å². The number of hydrogen-bond acceptors (Lipinski definition) is 4. The van der Waals surface area contributed by atoms with Gasteiger partial charge in [-0.2, -0.15) is 0 Å². The van der Waals surface area contributed by atoms with Crippen molar-refractivity contribution in [2.24, 2.45) is 0 Å². The summed E-state index contributed by atoms with van der Waals surface area (Å²) in [4.78, 5) is 22.4. The van der Waals surface area contributed by atoms with Gasteiger partial charge in [0.15, 0.2) is 6.10 Å². The summed E-state index contributed by atoms with van der Waals surface area (Å²) in [5.41, 5.74) is 0. The summed E-state index contributed by atoms with van der Waals surface area (Å²) >= 11 is 3.27. The molecule has 0 bridgehead atoms. The fourth-order valence-electron chi connectivity index (χ4n) is 1.26. The predicted octanol–water partition coefficient (Wildman–Crippen LogP) is 0.778. The summed E-state index contributed by atoms with van der Waals surface area (Å²) in [6.45, 7) is 0.813. The van der Waals surface area contributed by atoms with E-state index in [1.165, 1.54) is 6.92 Å². The fourth-order valence-corrected chi connectivity index (χ4v) is 1.64. The number of amides is 1. The zero-order chi connectivity index (χ0) is 14.4. The van der Waals surface area contributed by atoms with Crippen LogP contribution < -0.4 is 10.1 Å². The lowest BCUT2D eigenvalue weighted by Gasteiger charge is -2.18. The van der Waals surface area contributed by atoms with Crippen LogP contribution in [0.25, 0.3) is 0 Å². The van der Waals surface area contributed by atoms with Gasteiger partial charge < -0.3 is 20.3 Å². The van der Waals surface area contributed by atoms with Gasteiger partial charge in [-0.25, -0.2) is 4.79 Å². The van der Waals surface area contributed by atoms with E-state index < -0.39 is 30.6 Å². The van der Waals surface area contributed by atoms with Crippen molar-refractivity contribution in [1.82, 2.24) is 5.32 Å². The summed E-state index contributed by atoms with van der Waals surface area (Å²) in [6.07, 6.45) is -0.882. The van der Waals surface area contributed by atoms with Crippen molar-refractivity contribution >= 4 is 27.8 Å². The molecule has 0 aliphatic rings. The van der Waals surface area contributed by atoms with Crippen LogP contribution in [0.5, 0.6) is 5.75 Å². The Bertz CT molecular complexity index is 465. The predicted molar refractivity (Wildman–Crippen MR) is 70.9 cm³/mol. The first kappa shape index (κ1) is 15.5. The molecule has 0 radical (unpaired) electrons. The van der Waals surface area contributed by atoms with Gasteiger partial charge >= 0.3 is 5.97 Å². The average Bonchev–Trinajstić information content (AvgIpc) is 2.37.